The van der Waals surface area contributed by atoms with E-state index in [9.17, 15) is 9.59 Å². The predicted molar refractivity (Wildman–Crippen MR) is 130 cm³/mol. The number of ether oxygens (including phenoxy) is 1. The van der Waals surface area contributed by atoms with Crippen molar-refractivity contribution in [1.29, 1.82) is 0 Å². The largest absolute Gasteiger partial charge is 0.497 e. The van der Waals surface area contributed by atoms with Crippen LogP contribution in [0.15, 0.2) is 54.6 Å². The molecule has 5 nitrogen and oxygen atoms in total. The second-order valence-corrected chi connectivity index (χ2v) is 10.1. The van der Waals surface area contributed by atoms with Crippen molar-refractivity contribution in [2.75, 3.05) is 26.7 Å². The highest BCUT2D eigenvalue weighted by Crippen LogP contribution is 2.45. The van der Waals surface area contributed by atoms with Crippen LogP contribution in [0.5, 0.6) is 5.75 Å². The summed E-state index contributed by atoms with van der Waals surface area (Å²) in [6.07, 6.45) is 3.68. The smallest absolute Gasteiger partial charge is 0.229 e. The van der Waals surface area contributed by atoms with Crippen LogP contribution in [0, 0.1) is 11.3 Å². The fourth-order valence-electron chi connectivity index (χ4n) is 5.48. The third-order valence-electron chi connectivity index (χ3n) is 7.22. The molecule has 2 aliphatic heterocycles. The zero-order valence-electron chi connectivity index (χ0n) is 20.1. The van der Waals surface area contributed by atoms with Gasteiger partial charge in [-0.25, -0.2) is 0 Å². The molecule has 176 valence electrons. The van der Waals surface area contributed by atoms with Gasteiger partial charge in [0.25, 0.3) is 0 Å². The molecule has 2 aliphatic rings. The van der Waals surface area contributed by atoms with Crippen molar-refractivity contribution in [3.05, 3.63) is 65.7 Å². The van der Waals surface area contributed by atoms with E-state index in [1.54, 1.807) is 7.11 Å². The molecule has 2 aromatic carbocycles. The van der Waals surface area contributed by atoms with Gasteiger partial charge in [0.05, 0.1) is 18.9 Å². The monoisotopic (exact) mass is 448 g/mol. The Morgan fingerprint density at radius 2 is 1.76 bits per heavy atom. The molecular formula is C28H36N2O3. The molecule has 0 radical (unpaired) electrons. The van der Waals surface area contributed by atoms with Gasteiger partial charge in [-0.05, 0) is 54.9 Å². The van der Waals surface area contributed by atoms with Crippen LogP contribution in [0.25, 0.3) is 0 Å². The highest BCUT2D eigenvalue weighted by atomic mass is 16.5. The summed E-state index contributed by atoms with van der Waals surface area (Å²) in [6.45, 7) is 6.47. The van der Waals surface area contributed by atoms with Crippen molar-refractivity contribution in [1.82, 2.24) is 9.80 Å². The molecule has 33 heavy (non-hydrogen) atoms. The number of rotatable bonds is 7. The van der Waals surface area contributed by atoms with E-state index in [0.717, 1.165) is 43.5 Å². The van der Waals surface area contributed by atoms with Gasteiger partial charge in [-0.1, -0.05) is 56.3 Å². The maximum atomic E-state index is 13.7. The SMILES string of the molecule is COc1cccc(CC(=O)N2CCC3(CC2)C[C@@H](Cc2ccccc2)N(CC(C)C)C3=O)c1. The minimum atomic E-state index is -0.318. The van der Waals surface area contributed by atoms with Crippen LogP contribution in [-0.4, -0.2) is 54.4 Å². The van der Waals surface area contributed by atoms with E-state index in [2.05, 4.69) is 43.0 Å². The lowest BCUT2D eigenvalue weighted by atomic mass is 9.75. The molecule has 0 unspecified atom stereocenters. The van der Waals surface area contributed by atoms with E-state index in [-0.39, 0.29) is 17.4 Å². The molecule has 2 saturated heterocycles. The van der Waals surface area contributed by atoms with Gasteiger partial charge in [0.2, 0.25) is 11.8 Å². The van der Waals surface area contributed by atoms with Crippen LogP contribution in [0.1, 0.15) is 44.2 Å². The highest BCUT2D eigenvalue weighted by molar-refractivity contribution is 5.86. The molecule has 0 aliphatic carbocycles. The zero-order valence-corrected chi connectivity index (χ0v) is 20.1. The maximum absolute atomic E-state index is 13.7. The van der Waals surface area contributed by atoms with E-state index in [0.29, 0.717) is 31.3 Å². The summed E-state index contributed by atoms with van der Waals surface area (Å²) in [5.41, 5.74) is 1.93. The first kappa shape index (κ1) is 23.3. The molecule has 2 heterocycles. The third kappa shape index (κ3) is 5.23. The number of carbonyl (C=O) groups is 2. The number of carbonyl (C=O) groups excluding carboxylic acids is 2. The summed E-state index contributed by atoms with van der Waals surface area (Å²) in [5, 5.41) is 0. The average molecular weight is 449 g/mol. The first-order valence-electron chi connectivity index (χ1n) is 12.2. The van der Waals surface area contributed by atoms with E-state index in [1.165, 1.54) is 5.56 Å². The standard InChI is InChI=1S/C28H36N2O3/c1-21(2)20-30-24(16-22-8-5-4-6-9-22)19-28(27(30)32)12-14-29(15-13-28)26(31)18-23-10-7-11-25(17-23)33-3/h4-11,17,21,24H,12-16,18-20H2,1-3H3/t24-/m1/s1. The van der Waals surface area contributed by atoms with Crippen molar-refractivity contribution < 1.29 is 14.3 Å². The lowest BCUT2D eigenvalue weighted by Crippen LogP contribution is -2.47. The summed E-state index contributed by atoms with van der Waals surface area (Å²) >= 11 is 0. The number of methoxy groups -OCH3 is 1. The fourth-order valence-corrected chi connectivity index (χ4v) is 5.48. The number of hydrogen-bond acceptors (Lipinski definition) is 3. The Morgan fingerprint density at radius 3 is 2.42 bits per heavy atom. The number of hydrogen-bond donors (Lipinski definition) is 0. The van der Waals surface area contributed by atoms with Gasteiger partial charge < -0.3 is 14.5 Å². The molecule has 1 atom stereocenters. The molecular weight excluding hydrogens is 412 g/mol. The molecule has 0 N–H and O–H groups in total. The Kier molecular flexibility index (Phi) is 7.06. The van der Waals surface area contributed by atoms with Crippen LogP contribution in [0.4, 0.5) is 0 Å². The van der Waals surface area contributed by atoms with Crippen LogP contribution in [0.3, 0.4) is 0 Å². The summed E-state index contributed by atoms with van der Waals surface area (Å²) in [7, 11) is 1.64. The van der Waals surface area contributed by atoms with Gasteiger partial charge in [0, 0.05) is 25.7 Å². The van der Waals surface area contributed by atoms with Crippen LogP contribution < -0.4 is 4.74 Å². The van der Waals surface area contributed by atoms with Gasteiger partial charge in [0.15, 0.2) is 0 Å². The van der Waals surface area contributed by atoms with Crippen molar-refractivity contribution in [3.8, 4) is 5.75 Å². The topological polar surface area (TPSA) is 49.9 Å². The third-order valence-corrected chi connectivity index (χ3v) is 7.22. The van der Waals surface area contributed by atoms with E-state index < -0.39 is 0 Å². The summed E-state index contributed by atoms with van der Waals surface area (Å²) in [4.78, 5) is 30.7. The summed E-state index contributed by atoms with van der Waals surface area (Å²) in [5.74, 6) is 1.64. The van der Waals surface area contributed by atoms with Gasteiger partial charge >= 0.3 is 0 Å². The molecule has 4 rings (SSSR count). The number of likely N-dealkylation sites (tertiary alicyclic amines) is 2. The number of nitrogens with zero attached hydrogens (tertiary/aromatic N) is 2. The van der Waals surface area contributed by atoms with E-state index in [4.69, 9.17) is 4.74 Å². The molecule has 2 amide bonds. The molecule has 1 spiro atoms. The van der Waals surface area contributed by atoms with Gasteiger partial charge in [-0.2, -0.15) is 0 Å². The van der Waals surface area contributed by atoms with Crippen molar-refractivity contribution in [3.63, 3.8) is 0 Å². The lowest BCUT2D eigenvalue weighted by molar-refractivity contribution is -0.143. The van der Waals surface area contributed by atoms with Crippen molar-refractivity contribution >= 4 is 11.8 Å². The molecule has 5 heteroatoms. The Bertz CT molecular complexity index is 964. The average Bonchev–Trinajstić information content (AvgIpc) is 3.05. The lowest BCUT2D eigenvalue weighted by Gasteiger charge is -2.38. The minimum Gasteiger partial charge on any atom is -0.497 e. The van der Waals surface area contributed by atoms with Crippen molar-refractivity contribution in [2.45, 2.75) is 52.0 Å². The summed E-state index contributed by atoms with van der Waals surface area (Å²) in [6, 6.07) is 18.4. The Balaban J connectivity index is 1.42. The Labute approximate surface area is 197 Å². The molecule has 0 saturated carbocycles. The quantitative estimate of drug-likeness (QED) is 0.633. The van der Waals surface area contributed by atoms with Crippen LogP contribution >= 0.6 is 0 Å². The fraction of sp³-hybridized carbons (Fsp3) is 0.500. The first-order valence-corrected chi connectivity index (χ1v) is 12.2. The highest BCUT2D eigenvalue weighted by Gasteiger charge is 2.52. The zero-order chi connectivity index (χ0) is 23.4. The minimum absolute atomic E-state index is 0.128. The predicted octanol–water partition coefficient (Wildman–Crippen LogP) is 4.35. The maximum Gasteiger partial charge on any atom is 0.229 e. The second-order valence-electron chi connectivity index (χ2n) is 10.1. The van der Waals surface area contributed by atoms with E-state index >= 15 is 0 Å². The van der Waals surface area contributed by atoms with Gasteiger partial charge in [0.1, 0.15) is 5.75 Å². The molecule has 2 fully saturated rings. The number of benzene rings is 2. The number of amides is 2. The normalized spacial score (nSPS) is 20.0. The van der Waals surface area contributed by atoms with Crippen molar-refractivity contribution in [2.24, 2.45) is 11.3 Å². The number of piperidine rings is 1. The van der Waals surface area contributed by atoms with E-state index in [1.807, 2.05) is 35.2 Å². The van der Waals surface area contributed by atoms with Gasteiger partial charge in [-0.15, -0.1) is 0 Å². The van der Waals surface area contributed by atoms with Crippen LogP contribution in [0.2, 0.25) is 0 Å². The second kappa shape index (κ2) is 9.98. The van der Waals surface area contributed by atoms with Crippen LogP contribution in [-0.2, 0) is 22.4 Å². The molecule has 0 bridgehead atoms. The first-order chi connectivity index (χ1) is 15.9. The molecule has 2 aromatic rings. The Morgan fingerprint density at radius 1 is 1.06 bits per heavy atom. The molecule has 0 aromatic heterocycles. The Hall–Kier alpha value is -2.82. The van der Waals surface area contributed by atoms with Gasteiger partial charge in [-0.3, -0.25) is 9.59 Å². The summed E-state index contributed by atoms with van der Waals surface area (Å²) < 4.78 is 5.28.